The standard InChI is InChI=1S/C27H29F3N2O4/c1-14(2)34-22-10-8-17(12-21(22)27(28,29)30)24-31-23(32-36-24)18-9-7-16(11-15(18)3)19-13-20(19)25(33)35-26(4,5)6/h7-12,14,19-20H,13H2,1-6H3/t19-,20+/m0/s1. The van der Waals surface area contributed by atoms with Crippen molar-refractivity contribution in [2.75, 3.05) is 0 Å². The summed E-state index contributed by atoms with van der Waals surface area (Å²) in [7, 11) is 0. The Kier molecular flexibility index (Phi) is 6.62. The summed E-state index contributed by atoms with van der Waals surface area (Å²) in [5.74, 6) is -0.262. The van der Waals surface area contributed by atoms with Gasteiger partial charge in [-0.3, -0.25) is 4.79 Å². The molecule has 0 spiro atoms. The number of hydrogen-bond acceptors (Lipinski definition) is 6. The van der Waals surface area contributed by atoms with Gasteiger partial charge in [0.2, 0.25) is 5.82 Å². The van der Waals surface area contributed by atoms with E-state index in [0.29, 0.717) is 5.56 Å². The predicted molar refractivity (Wildman–Crippen MR) is 127 cm³/mol. The Bertz CT molecular complexity index is 1270. The molecular formula is C27H29F3N2O4. The third kappa shape index (κ3) is 5.71. The molecular weight excluding hydrogens is 473 g/mol. The Morgan fingerprint density at radius 1 is 1.11 bits per heavy atom. The fourth-order valence-corrected chi connectivity index (χ4v) is 4.06. The lowest BCUT2D eigenvalue weighted by Crippen LogP contribution is -2.25. The Labute approximate surface area is 207 Å². The van der Waals surface area contributed by atoms with Gasteiger partial charge in [0, 0.05) is 11.1 Å². The number of nitrogens with zero attached hydrogens (tertiary/aromatic N) is 2. The van der Waals surface area contributed by atoms with Gasteiger partial charge in [-0.25, -0.2) is 0 Å². The van der Waals surface area contributed by atoms with Crippen molar-refractivity contribution in [3.05, 3.63) is 53.1 Å². The van der Waals surface area contributed by atoms with Crippen LogP contribution in [0.4, 0.5) is 13.2 Å². The molecule has 0 N–H and O–H groups in total. The molecule has 1 aromatic heterocycles. The number of hydrogen-bond donors (Lipinski definition) is 0. The number of aromatic nitrogens is 2. The minimum absolute atomic E-state index is 0.0257. The molecule has 3 aromatic rings. The van der Waals surface area contributed by atoms with Gasteiger partial charge in [-0.05, 0) is 83.2 Å². The topological polar surface area (TPSA) is 74.5 Å². The van der Waals surface area contributed by atoms with Gasteiger partial charge in [0.05, 0.1) is 17.6 Å². The molecule has 4 rings (SSSR count). The smallest absolute Gasteiger partial charge is 0.419 e. The minimum atomic E-state index is -4.60. The molecule has 0 aliphatic heterocycles. The zero-order chi connectivity index (χ0) is 26.4. The van der Waals surface area contributed by atoms with Crippen LogP contribution in [0.1, 0.15) is 63.6 Å². The highest BCUT2D eigenvalue weighted by Gasteiger charge is 2.46. The van der Waals surface area contributed by atoms with Crippen LogP contribution in [0.25, 0.3) is 22.8 Å². The second-order valence-electron chi connectivity index (χ2n) is 10.4. The van der Waals surface area contributed by atoms with E-state index < -0.39 is 23.4 Å². The fraction of sp³-hybridized carbons (Fsp3) is 0.444. The summed E-state index contributed by atoms with van der Waals surface area (Å²) in [6.07, 6.45) is -4.28. The number of carbonyl (C=O) groups excluding carboxylic acids is 1. The van der Waals surface area contributed by atoms with Gasteiger partial charge in [-0.2, -0.15) is 18.2 Å². The highest BCUT2D eigenvalue weighted by atomic mass is 19.4. The van der Waals surface area contributed by atoms with Gasteiger partial charge in [0.15, 0.2) is 0 Å². The third-order valence-corrected chi connectivity index (χ3v) is 5.74. The number of halogens is 3. The SMILES string of the molecule is Cc1cc([C@@H]2C[C@H]2C(=O)OC(C)(C)C)ccc1-c1noc(-c2ccc(OC(C)C)c(C(F)(F)F)c2)n1. The molecule has 1 fully saturated rings. The molecule has 192 valence electrons. The second-order valence-corrected chi connectivity index (χ2v) is 10.4. The molecule has 2 aromatic carbocycles. The number of ether oxygens (including phenoxy) is 2. The molecule has 1 aliphatic rings. The first-order chi connectivity index (χ1) is 16.7. The Hall–Kier alpha value is -3.36. The van der Waals surface area contributed by atoms with Crippen molar-refractivity contribution in [1.82, 2.24) is 10.1 Å². The minimum Gasteiger partial charge on any atom is -0.490 e. The van der Waals surface area contributed by atoms with Crippen molar-refractivity contribution in [3.63, 3.8) is 0 Å². The maximum atomic E-state index is 13.6. The van der Waals surface area contributed by atoms with Gasteiger partial charge < -0.3 is 14.0 Å². The van der Waals surface area contributed by atoms with E-state index in [9.17, 15) is 18.0 Å². The summed E-state index contributed by atoms with van der Waals surface area (Å²) in [5, 5.41) is 3.99. The number of aryl methyl sites for hydroxylation is 1. The van der Waals surface area contributed by atoms with E-state index in [4.69, 9.17) is 14.0 Å². The largest absolute Gasteiger partial charge is 0.490 e. The average Bonchev–Trinajstić information content (AvgIpc) is 3.41. The van der Waals surface area contributed by atoms with Crippen molar-refractivity contribution in [1.29, 1.82) is 0 Å². The zero-order valence-corrected chi connectivity index (χ0v) is 21.1. The molecule has 0 amide bonds. The monoisotopic (exact) mass is 502 g/mol. The number of esters is 1. The van der Waals surface area contributed by atoms with E-state index in [2.05, 4.69) is 10.1 Å². The highest BCUT2D eigenvalue weighted by Crippen LogP contribution is 2.49. The highest BCUT2D eigenvalue weighted by molar-refractivity contribution is 5.78. The molecule has 0 bridgehead atoms. The Morgan fingerprint density at radius 2 is 1.83 bits per heavy atom. The van der Waals surface area contributed by atoms with E-state index in [1.807, 2.05) is 45.9 Å². The molecule has 6 nitrogen and oxygen atoms in total. The maximum absolute atomic E-state index is 13.6. The number of benzene rings is 2. The van der Waals surface area contributed by atoms with Crippen LogP contribution in [0, 0.1) is 12.8 Å². The van der Waals surface area contributed by atoms with Crippen molar-refractivity contribution in [3.8, 4) is 28.6 Å². The maximum Gasteiger partial charge on any atom is 0.419 e. The van der Waals surface area contributed by atoms with Gasteiger partial charge in [-0.1, -0.05) is 23.4 Å². The second kappa shape index (κ2) is 9.26. The van der Waals surface area contributed by atoms with E-state index in [0.717, 1.165) is 23.6 Å². The molecule has 36 heavy (non-hydrogen) atoms. The summed E-state index contributed by atoms with van der Waals surface area (Å²) < 4.78 is 56.9. The van der Waals surface area contributed by atoms with Crippen LogP contribution in [0.5, 0.6) is 5.75 Å². The molecule has 0 unspecified atom stereocenters. The van der Waals surface area contributed by atoms with Crippen LogP contribution in [0.2, 0.25) is 0 Å². The van der Waals surface area contributed by atoms with Crippen LogP contribution < -0.4 is 4.74 Å². The van der Waals surface area contributed by atoms with Crippen LogP contribution in [0.15, 0.2) is 40.9 Å². The van der Waals surface area contributed by atoms with E-state index in [1.54, 1.807) is 13.8 Å². The quantitative estimate of drug-likeness (QED) is 0.339. The van der Waals surface area contributed by atoms with Gasteiger partial charge in [-0.15, -0.1) is 0 Å². The van der Waals surface area contributed by atoms with Crippen molar-refractivity contribution in [2.45, 2.75) is 71.8 Å². The predicted octanol–water partition coefficient (Wildman–Crippen LogP) is 6.96. The molecule has 1 saturated carbocycles. The molecule has 0 radical (unpaired) electrons. The Morgan fingerprint density at radius 3 is 2.44 bits per heavy atom. The van der Waals surface area contributed by atoms with Gasteiger partial charge in [0.1, 0.15) is 11.4 Å². The van der Waals surface area contributed by atoms with E-state index >= 15 is 0 Å². The molecule has 1 aliphatic carbocycles. The average molecular weight is 503 g/mol. The number of alkyl halides is 3. The van der Waals surface area contributed by atoms with Crippen LogP contribution in [0.3, 0.4) is 0 Å². The van der Waals surface area contributed by atoms with Crippen LogP contribution in [-0.2, 0) is 15.7 Å². The lowest BCUT2D eigenvalue weighted by atomic mass is 10.0. The third-order valence-electron chi connectivity index (χ3n) is 5.74. The lowest BCUT2D eigenvalue weighted by molar-refractivity contribution is -0.156. The summed E-state index contributed by atoms with van der Waals surface area (Å²) in [5.41, 5.74) is 1.29. The first-order valence-electron chi connectivity index (χ1n) is 11.8. The zero-order valence-electron chi connectivity index (χ0n) is 21.1. The lowest BCUT2D eigenvalue weighted by Gasteiger charge is -2.19. The van der Waals surface area contributed by atoms with Gasteiger partial charge in [0.25, 0.3) is 5.89 Å². The molecule has 0 saturated heterocycles. The summed E-state index contributed by atoms with van der Waals surface area (Å²) >= 11 is 0. The first kappa shape index (κ1) is 25.7. The molecule has 9 heteroatoms. The van der Waals surface area contributed by atoms with Crippen molar-refractivity contribution < 1.29 is 32.0 Å². The van der Waals surface area contributed by atoms with Crippen LogP contribution in [-0.4, -0.2) is 27.8 Å². The summed E-state index contributed by atoms with van der Waals surface area (Å²) in [6.45, 7) is 10.7. The number of carbonyl (C=O) groups is 1. The number of rotatable bonds is 6. The van der Waals surface area contributed by atoms with E-state index in [1.165, 1.54) is 12.1 Å². The van der Waals surface area contributed by atoms with E-state index in [-0.39, 0.29) is 40.8 Å². The van der Waals surface area contributed by atoms with Crippen LogP contribution >= 0.6 is 0 Å². The summed E-state index contributed by atoms with van der Waals surface area (Å²) in [4.78, 5) is 16.7. The molecule has 1 heterocycles. The van der Waals surface area contributed by atoms with Crippen molar-refractivity contribution >= 4 is 5.97 Å². The van der Waals surface area contributed by atoms with Crippen molar-refractivity contribution in [2.24, 2.45) is 5.92 Å². The van der Waals surface area contributed by atoms with Gasteiger partial charge >= 0.3 is 12.1 Å². The fourth-order valence-electron chi connectivity index (χ4n) is 4.06. The Balaban J connectivity index is 1.55. The summed E-state index contributed by atoms with van der Waals surface area (Å²) in [6, 6.07) is 9.40. The molecule has 2 atom stereocenters. The normalized spacial score (nSPS) is 17.8. The first-order valence-corrected chi connectivity index (χ1v) is 11.8.